The minimum atomic E-state index is -3.89. The van der Waals surface area contributed by atoms with Crippen LogP contribution in [-0.2, 0) is 17.1 Å². The Hall–Kier alpha value is -2.10. The van der Waals surface area contributed by atoms with Gasteiger partial charge in [-0.1, -0.05) is 25.4 Å². The van der Waals surface area contributed by atoms with Gasteiger partial charge >= 0.3 is 0 Å². The van der Waals surface area contributed by atoms with Crippen LogP contribution in [0.5, 0.6) is 0 Å². The predicted octanol–water partition coefficient (Wildman–Crippen LogP) is 2.85. The van der Waals surface area contributed by atoms with Gasteiger partial charge in [-0.15, -0.1) is 0 Å². The van der Waals surface area contributed by atoms with Gasteiger partial charge in [0.05, 0.1) is 5.56 Å². The van der Waals surface area contributed by atoms with Crippen molar-refractivity contribution >= 4 is 33.2 Å². The summed E-state index contributed by atoms with van der Waals surface area (Å²) in [7, 11) is -2.25. The van der Waals surface area contributed by atoms with Gasteiger partial charge in [-0.2, -0.15) is 9.40 Å². The summed E-state index contributed by atoms with van der Waals surface area (Å²) >= 11 is 5.96. The minimum Gasteiger partial charge on any atom is -0.369 e. The molecule has 0 atom stereocenters. The second kappa shape index (κ2) is 10.0. The van der Waals surface area contributed by atoms with E-state index in [1.54, 1.807) is 11.9 Å². The van der Waals surface area contributed by atoms with E-state index in [-0.39, 0.29) is 16.5 Å². The van der Waals surface area contributed by atoms with Crippen molar-refractivity contribution in [1.29, 1.82) is 0 Å². The van der Waals surface area contributed by atoms with Gasteiger partial charge in [0.1, 0.15) is 0 Å². The van der Waals surface area contributed by atoms with E-state index in [4.69, 9.17) is 11.6 Å². The van der Waals surface area contributed by atoms with Crippen molar-refractivity contribution in [2.24, 2.45) is 7.05 Å². The monoisotopic (exact) mass is 467 g/mol. The van der Waals surface area contributed by atoms with E-state index in [1.165, 1.54) is 15.2 Å². The molecule has 0 N–H and O–H groups in total. The molecule has 8 nitrogen and oxygen atoms in total. The molecule has 0 bridgehead atoms. The van der Waals surface area contributed by atoms with Crippen molar-refractivity contribution in [3.05, 3.63) is 41.0 Å². The molecule has 2 heterocycles. The van der Waals surface area contributed by atoms with Gasteiger partial charge in [-0.05, 0) is 37.1 Å². The Morgan fingerprint density at radius 2 is 1.65 bits per heavy atom. The van der Waals surface area contributed by atoms with E-state index in [9.17, 15) is 13.2 Å². The number of sulfonamides is 1. The van der Waals surface area contributed by atoms with Gasteiger partial charge < -0.3 is 9.80 Å². The Kier molecular flexibility index (Phi) is 7.61. The summed E-state index contributed by atoms with van der Waals surface area (Å²) in [5.41, 5.74) is 1.15. The molecule has 31 heavy (non-hydrogen) atoms. The van der Waals surface area contributed by atoms with Gasteiger partial charge in [-0.25, -0.2) is 8.42 Å². The van der Waals surface area contributed by atoms with Crippen molar-refractivity contribution in [1.82, 2.24) is 19.0 Å². The van der Waals surface area contributed by atoms with Gasteiger partial charge in [0, 0.05) is 63.2 Å². The zero-order valence-corrected chi connectivity index (χ0v) is 19.9. The summed E-state index contributed by atoms with van der Waals surface area (Å²) < 4.78 is 29.6. The van der Waals surface area contributed by atoms with E-state index in [0.717, 1.165) is 18.5 Å². The number of carbonyl (C=O) groups is 1. The van der Waals surface area contributed by atoms with Crippen LogP contribution in [0, 0.1) is 0 Å². The maximum Gasteiger partial charge on any atom is 0.263 e. The molecule has 170 valence electrons. The number of piperazine rings is 1. The molecule has 0 aliphatic carbocycles. The summed E-state index contributed by atoms with van der Waals surface area (Å²) in [6.07, 6.45) is 3.12. The molecule has 1 saturated heterocycles. The number of hydrogen-bond acceptors (Lipinski definition) is 5. The minimum absolute atomic E-state index is 0.143. The highest BCUT2D eigenvalue weighted by molar-refractivity contribution is 7.89. The summed E-state index contributed by atoms with van der Waals surface area (Å²) in [6.45, 7) is 6.91. The van der Waals surface area contributed by atoms with Crippen LogP contribution >= 0.6 is 11.6 Å². The zero-order chi connectivity index (χ0) is 22.6. The average Bonchev–Trinajstić information content (AvgIpc) is 3.16. The molecule has 1 amide bonds. The topological polar surface area (TPSA) is 78.8 Å². The quantitative estimate of drug-likeness (QED) is 0.596. The predicted molar refractivity (Wildman–Crippen MR) is 122 cm³/mol. The number of amides is 1. The largest absolute Gasteiger partial charge is 0.369 e. The summed E-state index contributed by atoms with van der Waals surface area (Å²) in [4.78, 5) is 16.9. The summed E-state index contributed by atoms with van der Waals surface area (Å²) in [6, 6.07) is 7.50. The molecule has 1 aliphatic rings. The number of benzene rings is 1. The Labute approximate surface area is 189 Å². The van der Waals surface area contributed by atoms with Gasteiger partial charge in [0.25, 0.3) is 15.9 Å². The molecule has 0 spiro atoms. The van der Waals surface area contributed by atoms with Crippen LogP contribution in [0.1, 0.15) is 37.0 Å². The van der Waals surface area contributed by atoms with Gasteiger partial charge in [-0.3, -0.25) is 9.48 Å². The molecule has 1 aromatic carbocycles. The third-order valence-corrected chi connectivity index (χ3v) is 7.40. The first-order valence-corrected chi connectivity index (χ1v) is 12.4. The fourth-order valence-electron chi connectivity index (χ4n) is 3.79. The first kappa shape index (κ1) is 23.6. The number of carbonyl (C=O) groups excluding carboxylic acids is 1. The highest BCUT2D eigenvalue weighted by atomic mass is 35.5. The first-order valence-electron chi connectivity index (χ1n) is 10.6. The lowest BCUT2D eigenvalue weighted by Gasteiger charge is -2.35. The number of aromatic nitrogens is 2. The molecular formula is C21H30ClN5O3S. The SMILES string of the molecule is CCCN(CCC)C(=O)c1cn(C)nc1S(=O)(=O)N1CCN(c2ccc(Cl)cc2)CC1. The van der Waals surface area contributed by atoms with Gasteiger partial charge in [0.2, 0.25) is 5.03 Å². The molecule has 1 aromatic heterocycles. The number of rotatable bonds is 8. The van der Waals surface area contributed by atoms with E-state index >= 15 is 0 Å². The van der Waals surface area contributed by atoms with Crippen LogP contribution in [0.4, 0.5) is 5.69 Å². The molecule has 2 aromatic rings. The van der Waals surface area contributed by atoms with Crippen molar-refractivity contribution in [3.63, 3.8) is 0 Å². The Bertz CT molecular complexity index is 993. The molecule has 3 rings (SSSR count). The lowest BCUT2D eigenvalue weighted by atomic mass is 10.2. The van der Waals surface area contributed by atoms with E-state index < -0.39 is 10.0 Å². The Morgan fingerprint density at radius 3 is 2.19 bits per heavy atom. The van der Waals surface area contributed by atoms with E-state index in [2.05, 4.69) is 10.00 Å². The third kappa shape index (κ3) is 5.22. The zero-order valence-electron chi connectivity index (χ0n) is 18.3. The van der Waals surface area contributed by atoms with Crippen molar-refractivity contribution < 1.29 is 13.2 Å². The molecule has 0 saturated carbocycles. The van der Waals surface area contributed by atoms with Crippen molar-refractivity contribution in [3.8, 4) is 0 Å². The molecular weight excluding hydrogens is 438 g/mol. The summed E-state index contributed by atoms with van der Waals surface area (Å²) in [5, 5.41) is 4.69. The van der Waals surface area contributed by atoms with Crippen LogP contribution in [0.3, 0.4) is 0 Å². The van der Waals surface area contributed by atoms with Crippen LogP contribution in [0.2, 0.25) is 5.02 Å². The lowest BCUT2D eigenvalue weighted by molar-refractivity contribution is 0.0751. The smallest absolute Gasteiger partial charge is 0.263 e. The highest BCUT2D eigenvalue weighted by Gasteiger charge is 2.35. The normalized spacial score (nSPS) is 15.3. The highest BCUT2D eigenvalue weighted by Crippen LogP contribution is 2.24. The fourth-order valence-corrected chi connectivity index (χ4v) is 5.46. The van der Waals surface area contributed by atoms with E-state index in [1.807, 2.05) is 38.1 Å². The van der Waals surface area contributed by atoms with Crippen LogP contribution < -0.4 is 4.90 Å². The molecule has 1 fully saturated rings. The van der Waals surface area contributed by atoms with E-state index in [0.29, 0.717) is 44.3 Å². The van der Waals surface area contributed by atoms with Crippen LogP contribution in [0.25, 0.3) is 0 Å². The lowest BCUT2D eigenvalue weighted by Crippen LogP contribution is -2.49. The van der Waals surface area contributed by atoms with Crippen LogP contribution in [-0.4, -0.2) is 72.6 Å². The number of halogens is 1. The standard InChI is InChI=1S/C21H30ClN5O3S/c1-4-10-26(11-5-2)21(28)19-16-24(3)23-20(19)31(29,30)27-14-12-25(13-15-27)18-8-6-17(22)7-9-18/h6-9,16H,4-5,10-15H2,1-3H3. The number of hydrogen-bond donors (Lipinski definition) is 0. The molecule has 1 aliphatic heterocycles. The average molecular weight is 468 g/mol. The Balaban J connectivity index is 1.80. The molecule has 0 unspecified atom stereocenters. The van der Waals surface area contributed by atoms with Gasteiger partial charge in [0.15, 0.2) is 0 Å². The fraction of sp³-hybridized carbons (Fsp3) is 0.524. The van der Waals surface area contributed by atoms with Crippen molar-refractivity contribution in [2.45, 2.75) is 31.7 Å². The molecule has 10 heteroatoms. The van der Waals surface area contributed by atoms with Crippen molar-refractivity contribution in [2.75, 3.05) is 44.2 Å². The van der Waals surface area contributed by atoms with Crippen LogP contribution in [0.15, 0.2) is 35.5 Å². The summed E-state index contributed by atoms with van der Waals surface area (Å²) in [5.74, 6) is -0.282. The Morgan fingerprint density at radius 1 is 1.06 bits per heavy atom. The maximum absolute atomic E-state index is 13.4. The number of nitrogens with zero attached hydrogens (tertiary/aromatic N) is 5. The third-order valence-electron chi connectivity index (χ3n) is 5.31. The molecule has 0 radical (unpaired) electrons. The number of aryl methyl sites for hydroxylation is 1. The second-order valence-corrected chi connectivity index (χ2v) is 9.97. The number of anilines is 1. The maximum atomic E-state index is 13.4. The first-order chi connectivity index (χ1) is 14.8. The second-order valence-electron chi connectivity index (χ2n) is 7.68.